The maximum Gasteiger partial charge on any atom is 0.323 e. The number of carboxylic acid groups (broad SMARTS) is 1. The minimum atomic E-state index is -0.909. The van der Waals surface area contributed by atoms with Gasteiger partial charge >= 0.3 is 5.97 Å². The molecule has 0 aliphatic heterocycles. The maximum atomic E-state index is 11.3. The van der Waals surface area contributed by atoms with Crippen LogP contribution in [0.4, 0.5) is 0 Å². The van der Waals surface area contributed by atoms with E-state index in [9.17, 15) is 9.90 Å². The Bertz CT molecular complexity index is 387. The van der Waals surface area contributed by atoms with Crippen molar-refractivity contribution in [3.63, 3.8) is 0 Å². The summed E-state index contributed by atoms with van der Waals surface area (Å²) in [4.78, 5) is 11.3. The van der Waals surface area contributed by atoms with E-state index >= 15 is 0 Å². The summed E-state index contributed by atoms with van der Waals surface area (Å²) in [6, 6.07) is 0.135. The van der Waals surface area contributed by atoms with Crippen LogP contribution in [0, 0.1) is 6.92 Å². The number of carboxylic acids is 1. The third kappa shape index (κ3) is 3.85. The molecule has 0 saturated carbocycles. The van der Waals surface area contributed by atoms with Gasteiger partial charge in [-0.25, -0.2) is 0 Å². The van der Waals surface area contributed by atoms with Gasteiger partial charge in [0.25, 0.3) is 0 Å². The van der Waals surface area contributed by atoms with Crippen LogP contribution in [-0.4, -0.2) is 32.4 Å². The van der Waals surface area contributed by atoms with Gasteiger partial charge in [0.1, 0.15) is 5.54 Å². The van der Waals surface area contributed by atoms with E-state index in [1.165, 1.54) is 0 Å². The summed E-state index contributed by atoms with van der Waals surface area (Å²) in [6.07, 6.45) is 4.19. The highest BCUT2D eigenvalue weighted by Crippen LogP contribution is 2.13. The molecular weight excluding hydrogens is 218 g/mol. The minimum absolute atomic E-state index is 0.135. The van der Waals surface area contributed by atoms with Crippen LogP contribution in [0.3, 0.4) is 0 Å². The molecule has 1 aromatic rings. The Kier molecular flexibility index (Phi) is 4.28. The Morgan fingerprint density at radius 3 is 2.71 bits per heavy atom. The topological polar surface area (TPSA) is 67.2 Å². The van der Waals surface area contributed by atoms with Crippen molar-refractivity contribution in [2.24, 2.45) is 0 Å². The van der Waals surface area contributed by atoms with Crippen molar-refractivity contribution in [2.75, 3.05) is 0 Å². The molecule has 0 bridgehead atoms. The van der Waals surface area contributed by atoms with Gasteiger partial charge in [0, 0.05) is 18.8 Å². The molecule has 1 heterocycles. The molecule has 0 saturated heterocycles. The Morgan fingerprint density at radius 2 is 2.29 bits per heavy atom. The van der Waals surface area contributed by atoms with E-state index < -0.39 is 11.5 Å². The number of carbonyl (C=O) groups is 1. The molecule has 0 spiro atoms. The number of aryl methyl sites for hydroxylation is 2. The molecule has 0 amide bonds. The highest BCUT2D eigenvalue weighted by atomic mass is 16.4. The maximum absolute atomic E-state index is 11.3. The number of aliphatic carboxylic acids is 1. The second-order valence-electron chi connectivity index (χ2n) is 4.97. The molecule has 96 valence electrons. The molecule has 1 atom stereocenters. The second kappa shape index (κ2) is 5.31. The fraction of sp³-hybridized carbons (Fsp3) is 0.667. The standard InChI is InChI=1S/C12H21N3O2/c1-9(2)14-12(4,11(16)17)5-6-15-8-10(3)7-13-15/h7-9,14H,5-6H2,1-4H3,(H,16,17). The zero-order chi connectivity index (χ0) is 13.1. The van der Waals surface area contributed by atoms with Gasteiger partial charge in [-0.05, 0) is 39.7 Å². The fourth-order valence-electron chi connectivity index (χ4n) is 1.81. The summed E-state index contributed by atoms with van der Waals surface area (Å²) in [7, 11) is 0. The number of rotatable bonds is 6. The van der Waals surface area contributed by atoms with Crippen molar-refractivity contribution in [1.82, 2.24) is 15.1 Å². The minimum Gasteiger partial charge on any atom is -0.480 e. The Hall–Kier alpha value is -1.36. The van der Waals surface area contributed by atoms with Crippen molar-refractivity contribution in [3.8, 4) is 0 Å². The molecular formula is C12H21N3O2. The third-order valence-electron chi connectivity index (χ3n) is 2.68. The Morgan fingerprint density at radius 1 is 1.65 bits per heavy atom. The van der Waals surface area contributed by atoms with Crippen LogP contribution >= 0.6 is 0 Å². The largest absolute Gasteiger partial charge is 0.480 e. The second-order valence-corrected chi connectivity index (χ2v) is 4.97. The van der Waals surface area contributed by atoms with Gasteiger partial charge in [-0.2, -0.15) is 5.10 Å². The number of hydrogen-bond acceptors (Lipinski definition) is 3. The monoisotopic (exact) mass is 239 g/mol. The van der Waals surface area contributed by atoms with E-state index in [1.54, 1.807) is 17.8 Å². The van der Waals surface area contributed by atoms with Crippen LogP contribution in [-0.2, 0) is 11.3 Å². The van der Waals surface area contributed by atoms with Gasteiger partial charge in [-0.3, -0.25) is 14.8 Å². The van der Waals surface area contributed by atoms with Crippen molar-refractivity contribution in [2.45, 2.75) is 52.2 Å². The van der Waals surface area contributed by atoms with Gasteiger partial charge < -0.3 is 5.11 Å². The normalized spacial score (nSPS) is 14.9. The average Bonchev–Trinajstić information content (AvgIpc) is 2.60. The molecule has 0 aliphatic rings. The zero-order valence-corrected chi connectivity index (χ0v) is 10.9. The van der Waals surface area contributed by atoms with Crippen molar-refractivity contribution in [1.29, 1.82) is 0 Å². The van der Waals surface area contributed by atoms with Crippen LogP contribution < -0.4 is 5.32 Å². The summed E-state index contributed by atoms with van der Waals surface area (Å²) in [5, 5.41) is 16.5. The van der Waals surface area contributed by atoms with E-state index in [0.29, 0.717) is 13.0 Å². The zero-order valence-electron chi connectivity index (χ0n) is 10.9. The van der Waals surface area contributed by atoms with E-state index in [0.717, 1.165) is 5.56 Å². The van der Waals surface area contributed by atoms with Gasteiger partial charge in [0.15, 0.2) is 0 Å². The number of nitrogens with zero attached hydrogens (tertiary/aromatic N) is 2. The van der Waals surface area contributed by atoms with Crippen LogP contribution in [0.5, 0.6) is 0 Å². The lowest BCUT2D eigenvalue weighted by Gasteiger charge is -2.28. The highest BCUT2D eigenvalue weighted by molar-refractivity contribution is 5.78. The molecule has 1 unspecified atom stereocenters. The molecule has 0 aliphatic carbocycles. The molecule has 5 nitrogen and oxygen atoms in total. The molecule has 17 heavy (non-hydrogen) atoms. The lowest BCUT2D eigenvalue weighted by molar-refractivity contribution is -0.144. The first-order chi connectivity index (χ1) is 7.83. The average molecular weight is 239 g/mol. The number of aromatic nitrogens is 2. The fourth-order valence-corrected chi connectivity index (χ4v) is 1.81. The quantitative estimate of drug-likeness (QED) is 0.788. The molecule has 5 heteroatoms. The molecule has 1 aromatic heterocycles. The predicted molar refractivity (Wildman–Crippen MR) is 65.9 cm³/mol. The number of hydrogen-bond donors (Lipinski definition) is 2. The number of nitrogens with one attached hydrogen (secondary N) is 1. The van der Waals surface area contributed by atoms with Crippen molar-refractivity contribution in [3.05, 3.63) is 18.0 Å². The van der Waals surface area contributed by atoms with E-state index in [2.05, 4.69) is 10.4 Å². The molecule has 2 N–H and O–H groups in total. The summed E-state index contributed by atoms with van der Waals surface area (Å²) >= 11 is 0. The van der Waals surface area contributed by atoms with Crippen LogP contribution in [0.25, 0.3) is 0 Å². The van der Waals surface area contributed by atoms with E-state index in [4.69, 9.17) is 0 Å². The van der Waals surface area contributed by atoms with Gasteiger partial charge in [0.05, 0.1) is 6.20 Å². The summed E-state index contributed by atoms with van der Waals surface area (Å²) in [5.41, 5.74) is 0.174. The van der Waals surface area contributed by atoms with Crippen LogP contribution in [0.2, 0.25) is 0 Å². The first-order valence-electron chi connectivity index (χ1n) is 5.83. The Labute approximate surface area is 102 Å². The molecule has 0 fully saturated rings. The lowest BCUT2D eigenvalue weighted by Crippen LogP contribution is -2.52. The lowest BCUT2D eigenvalue weighted by atomic mass is 9.97. The van der Waals surface area contributed by atoms with Crippen molar-refractivity contribution < 1.29 is 9.90 Å². The predicted octanol–water partition coefficient (Wildman–Crippen LogP) is 1.42. The van der Waals surface area contributed by atoms with Crippen LogP contribution in [0.1, 0.15) is 32.8 Å². The molecule has 1 rings (SSSR count). The Balaban J connectivity index is 2.64. The summed E-state index contributed by atoms with van der Waals surface area (Å²) in [5.74, 6) is -0.824. The van der Waals surface area contributed by atoms with E-state index in [-0.39, 0.29) is 6.04 Å². The summed E-state index contributed by atoms with van der Waals surface area (Å²) < 4.78 is 1.78. The van der Waals surface area contributed by atoms with Gasteiger partial charge in [0.2, 0.25) is 0 Å². The third-order valence-corrected chi connectivity index (χ3v) is 2.68. The highest BCUT2D eigenvalue weighted by Gasteiger charge is 2.33. The molecule has 0 radical (unpaired) electrons. The smallest absolute Gasteiger partial charge is 0.323 e. The molecule has 0 aromatic carbocycles. The first-order valence-corrected chi connectivity index (χ1v) is 5.83. The van der Waals surface area contributed by atoms with Crippen LogP contribution in [0.15, 0.2) is 12.4 Å². The van der Waals surface area contributed by atoms with E-state index in [1.807, 2.05) is 27.0 Å². The van der Waals surface area contributed by atoms with Gasteiger partial charge in [-0.1, -0.05) is 0 Å². The summed E-state index contributed by atoms with van der Waals surface area (Å²) in [6.45, 7) is 8.16. The SMILES string of the molecule is Cc1cnn(CCC(C)(NC(C)C)C(=O)O)c1. The first kappa shape index (κ1) is 13.7. The van der Waals surface area contributed by atoms with Gasteiger partial charge in [-0.15, -0.1) is 0 Å². The van der Waals surface area contributed by atoms with Crippen molar-refractivity contribution >= 4 is 5.97 Å².